The first-order valence-corrected chi connectivity index (χ1v) is 14.3. The minimum absolute atomic E-state index is 0.180. The second-order valence-electron chi connectivity index (χ2n) is 11.4. The molecule has 6 heteroatoms. The Hall–Kier alpha value is -1.46. The maximum atomic E-state index is 12.6. The Bertz CT molecular complexity index is 547. The fourth-order valence-electron chi connectivity index (χ4n) is 6.57. The number of nitrogens with one attached hydrogen (secondary N) is 2. The third-order valence-corrected chi connectivity index (χ3v) is 8.89. The molecule has 0 unspecified atom stereocenters. The minimum atomic E-state index is 0.180. The molecule has 0 aromatic heterocycles. The Morgan fingerprint density at radius 3 is 1.27 bits per heavy atom. The molecule has 2 N–H and O–H groups in total. The van der Waals surface area contributed by atoms with Crippen LogP contribution in [0.25, 0.3) is 0 Å². The molecule has 4 amide bonds. The van der Waals surface area contributed by atoms with E-state index in [4.69, 9.17) is 0 Å². The minimum Gasteiger partial charge on any atom is -0.335 e. The van der Waals surface area contributed by atoms with E-state index in [1.54, 1.807) is 0 Å². The number of amides is 4. The number of hydrogen-bond donors (Lipinski definition) is 2. The zero-order chi connectivity index (χ0) is 22.9. The quantitative estimate of drug-likeness (QED) is 0.537. The molecule has 2 aliphatic carbocycles. The molecule has 2 saturated carbocycles. The molecule has 0 aromatic rings. The van der Waals surface area contributed by atoms with Crippen molar-refractivity contribution in [3.8, 4) is 0 Å². The monoisotopic (exact) mass is 460 g/mol. The highest BCUT2D eigenvalue weighted by Gasteiger charge is 2.27. The van der Waals surface area contributed by atoms with E-state index in [2.05, 4.69) is 20.4 Å². The lowest BCUT2D eigenvalue weighted by molar-refractivity contribution is 0.155. The van der Waals surface area contributed by atoms with E-state index in [1.807, 2.05) is 0 Å². The number of carbonyl (C=O) groups excluding carboxylic acids is 2. The summed E-state index contributed by atoms with van der Waals surface area (Å²) in [7, 11) is 0. The van der Waals surface area contributed by atoms with Crippen LogP contribution in [0.3, 0.4) is 0 Å². The lowest BCUT2D eigenvalue weighted by atomic mass is 9.87. The summed E-state index contributed by atoms with van der Waals surface area (Å²) < 4.78 is 0. The van der Waals surface area contributed by atoms with Gasteiger partial charge in [0, 0.05) is 38.3 Å². The molecule has 6 nitrogen and oxygen atoms in total. The summed E-state index contributed by atoms with van der Waals surface area (Å²) in [5, 5.41) is 6.56. The summed E-state index contributed by atoms with van der Waals surface area (Å²) in [5.41, 5.74) is 0. The molecule has 0 atom stereocenters. The highest BCUT2D eigenvalue weighted by Crippen LogP contribution is 2.28. The van der Waals surface area contributed by atoms with Crippen LogP contribution in [0, 0.1) is 11.8 Å². The van der Waals surface area contributed by atoms with Gasteiger partial charge in [-0.2, -0.15) is 0 Å². The Morgan fingerprint density at radius 2 is 0.909 bits per heavy atom. The van der Waals surface area contributed by atoms with E-state index in [1.165, 1.54) is 57.8 Å². The van der Waals surface area contributed by atoms with Crippen molar-refractivity contribution in [2.24, 2.45) is 11.8 Å². The van der Waals surface area contributed by atoms with Gasteiger partial charge in [-0.1, -0.05) is 57.8 Å². The second-order valence-corrected chi connectivity index (χ2v) is 11.4. The lowest BCUT2D eigenvalue weighted by Gasteiger charge is -2.35. The van der Waals surface area contributed by atoms with Crippen molar-refractivity contribution >= 4 is 12.1 Å². The fourth-order valence-corrected chi connectivity index (χ4v) is 6.57. The topological polar surface area (TPSA) is 64.7 Å². The third kappa shape index (κ3) is 7.78. The van der Waals surface area contributed by atoms with Crippen LogP contribution in [0.15, 0.2) is 0 Å². The van der Waals surface area contributed by atoms with Crippen molar-refractivity contribution in [2.75, 3.05) is 26.2 Å². The molecule has 2 saturated heterocycles. The first-order chi connectivity index (χ1) is 16.2. The predicted octanol–water partition coefficient (Wildman–Crippen LogP) is 5.67. The zero-order valence-electron chi connectivity index (χ0n) is 20.9. The second kappa shape index (κ2) is 12.9. The summed E-state index contributed by atoms with van der Waals surface area (Å²) in [6.45, 7) is 3.71. The number of carbonyl (C=O) groups is 2. The molecule has 4 fully saturated rings. The van der Waals surface area contributed by atoms with E-state index in [-0.39, 0.29) is 12.1 Å². The van der Waals surface area contributed by atoms with E-state index >= 15 is 0 Å². The summed E-state index contributed by atoms with van der Waals surface area (Å²) >= 11 is 0. The number of urea groups is 2. The maximum Gasteiger partial charge on any atom is 0.317 e. The van der Waals surface area contributed by atoms with Gasteiger partial charge in [-0.3, -0.25) is 0 Å². The van der Waals surface area contributed by atoms with Gasteiger partial charge in [-0.05, 0) is 63.2 Å². The van der Waals surface area contributed by atoms with Crippen LogP contribution in [-0.2, 0) is 0 Å². The molecular formula is C27H48N4O2. The van der Waals surface area contributed by atoms with E-state index in [0.29, 0.717) is 12.1 Å². The molecule has 0 spiro atoms. The van der Waals surface area contributed by atoms with Crippen LogP contribution >= 0.6 is 0 Å². The van der Waals surface area contributed by atoms with Gasteiger partial charge in [-0.25, -0.2) is 9.59 Å². The number of likely N-dealkylation sites (tertiary alicyclic amines) is 2. The van der Waals surface area contributed by atoms with Gasteiger partial charge in [-0.15, -0.1) is 0 Å². The van der Waals surface area contributed by atoms with Crippen LogP contribution in [0.2, 0.25) is 0 Å². The Kier molecular flexibility index (Phi) is 9.60. The number of hydrogen-bond acceptors (Lipinski definition) is 2. The summed E-state index contributed by atoms with van der Waals surface area (Å²) in [5.74, 6) is 1.56. The summed E-state index contributed by atoms with van der Waals surface area (Å²) in [6.07, 6.45) is 20.9. The smallest absolute Gasteiger partial charge is 0.317 e. The normalized spacial score (nSPS) is 24.6. The molecule has 0 radical (unpaired) electrons. The van der Waals surface area contributed by atoms with Gasteiger partial charge in [0.15, 0.2) is 0 Å². The standard InChI is InChI=1S/C27H48N4O2/c32-26(28-24-10-3-1-4-11-24)30-18-14-22(15-19-30)8-7-9-23-16-20-31(21-17-23)27(33)29-25-12-5-2-6-13-25/h22-25H,1-21H2,(H,28,32)(H,29,33). The van der Waals surface area contributed by atoms with Gasteiger partial charge in [0.05, 0.1) is 0 Å². The van der Waals surface area contributed by atoms with Crippen LogP contribution in [0.5, 0.6) is 0 Å². The molecule has 4 aliphatic rings. The Morgan fingerprint density at radius 1 is 0.545 bits per heavy atom. The van der Waals surface area contributed by atoms with Gasteiger partial charge in [0.25, 0.3) is 0 Å². The predicted molar refractivity (Wildman–Crippen MR) is 133 cm³/mol. The van der Waals surface area contributed by atoms with E-state index in [9.17, 15) is 9.59 Å². The SMILES string of the molecule is O=C(NC1CCCCC1)N1CCC(CCCC2CCN(C(=O)NC3CCCCC3)CC2)CC1. The summed E-state index contributed by atoms with van der Waals surface area (Å²) in [6, 6.07) is 1.18. The van der Waals surface area contributed by atoms with Gasteiger partial charge >= 0.3 is 12.1 Å². The molecule has 0 aromatic carbocycles. The van der Waals surface area contributed by atoms with Crippen LogP contribution in [0.4, 0.5) is 9.59 Å². The highest BCUT2D eigenvalue weighted by atomic mass is 16.2. The first kappa shape index (κ1) is 24.7. The van der Waals surface area contributed by atoms with Crippen LogP contribution < -0.4 is 10.6 Å². The Balaban J connectivity index is 1.05. The third-order valence-electron chi connectivity index (χ3n) is 8.89. The van der Waals surface area contributed by atoms with E-state index in [0.717, 1.165) is 89.4 Å². The van der Waals surface area contributed by atoms with Crippen molar-refractivity contribution in [2.45, 2.75) is 121 Å². The fraction of sp³-hybridized carbons (Fsp3) is 0.926. The average Bonchev–Trinajstić information content (AvgIpc) is 2.86. The first-order valence-electron chi connectivity index (χ1n) is 14.3. The lowest BCUT2D eigenvalue weighted by Crippen LogP contribution is -2.48. The highest BCUT2D eigenvalue weighted by molar-refractivity contribution is 5.75. The van der Waals surface area contributed by atoms with Crippen LogP contribution in [-0.4, -0.2) is 60.1 Å². The number of piperidine rings is 2. The molecular weight excluding hydrogens is 412 g/mol. The molecule has 2 heterocycles. The summed E-state index contributed by atoms with van der Waals surface area (Å²) in [4.78, 5) is 29.2. The molecule has 0 bridgehead atoms. The zero-order valence-corrected chi connectivity index (χ0v) is 20.9. The van der Waals surface area contributed by atoms with Gasteiger partial charge in [0.1, 0.15) is 0 Å². The van der Waals surface area contributed by atoms with Crippen LogP contribution in [0.1, 0.15) is 109 Å². The average molecular weight is 461 g/mol. The van der Waals surface area contributed by atoms with Gasteiger partial charge < -0.3 is 20.4 Å². The van der Waals surface area contributed by atoms with Crippen molar-refractivity contribution in [3.05, 3.63) is 0 Å². The van der Waals surface area contributed by atoms with Crippen molar-refractivity contribution < 1.29 is 9.59 Å². The molecule has 2 aliphatic heterocycles. The van der Waals surface area contributed by atoms with E-state index < -0.39 is 0 Å². The van der Waals surface area contributed by atoms with Crippen molar-refractivity contribution in [1.82, 2.24) is 20.4 Å². The largest absolute Gasteiger partial charge is 0.335 e. The van der Waals surface area contributed by atoms with Gasteiger partial charge in [0.2, 0.25) is 0 Å². The number of nitrogens with zero attached hydrogens (tertiary/aromatic N) is 2. The van der Waals surface area contributed by atoms with Crippen molar-refractivity contribution in [3.63, 3.8) is 0 Å². The Labute approximate surface area is 201 Å². The number of rotatable bonds is 6. The van der Waals surface area contributed by atoms with Crippen molar-refractivity contribution in [1.29, 1.82) is 0 Å². The molecule has 4 rings (SSSR count). The maximum absolute atomic E-state index is 12.6. The molecule has 33 heavy (non-hydrogen) atoms. The molecule has 188 valence electrons.